The van der Waals surface area contributed by atoms with Crippen LogP contribution >= 0.6 is 23.2 Å². The molecular weight excluding hydrogens is 149 g/mol. The normalized spacial score (nSPS) is 13.0. The first-order valence-electron chi connectivity index (χ1n) is 2.12. The van der Waals surface area contributed by atoms with Crippen LogP contribution in [0.15, 0.2) is 0 Å². The number of carbonyl (C=O) groups is 1. The molecule has 0 aromatic heterocycles. The Morgan fingerprint density at radius 3 is 2.12 bits per heavy atom. The summed E-state index contributed by atoms with van der Waals surface area (Å²) in [7, 11) is 1.53. The van der Waals surface area contributed by atoms with Crippen molar-refractivity contribution in [3.8, 4) is 0 Å². The highest BCUT2D eigenvalue weighted by Crippen LogP contribution is 2.02. The van der Waals surface area contributed by atoms with Crippen molar-refractivity contribution in [2.45, 2.75) is 12.4 Å². The van der Waals surface area contributed by atoms with Gasteiger partial charge in [0.2, 0.25) is 0 Å². The molecule has 0 bridgehead atoms. The highest BCUT2D eigenvalue weighted by Gasteiger charge is 2.08. The van der Waals surface area contributed by atoms with Gasteiger partial charge < -0.3 is 4.90 Å². The highest BCUT2D eigenvalue weighted by molar-refractivity contribution is 6.63. The summed E-state index contributed by atoms with van der Waals surface area (Å²) in [5.74, 6) is 0. The molecule has 0 saturated carbocycles. The standard InChI is InChI=1S/C4H7Cl2NO/c1-3(5)7(2)4(6)8/h3H,1-2H3. The Morgan fingerprint density at radius 1 is 1.75 bits per heavy atom. The Kier molecular flexibility index (Phi) is 3.17. The molecule has 0 heterocycles. The summed E-state index contributed by atoms with van der Waals surface area (Å²) < 4.78 is 0. The van der Waals surface area contributed by atoms with Crippen LogP contribution in [0.5, 0.6) is 0 Å². The summed E-state index contributed by atoms with van der Waals surface area (Å²) in [5, 5.41) is -0.535. The van der Waals surface area contributed by atoms with Gasteiger partial charge in [-0.15, -0.1) is 0 Å². The smallest absolute Gasteiger partial charge is 0.316 e. The molecule has 0 spiro atoms. The fourth-order valence-corrected chi connectivity index (χ4v) is 0.425. The summed E-state index contributed by atoms with van der Waals surface area (Å²) in [5.41, 5.74) is -0.333. The minimum atomic E-state index is -0.535. The van der Waals surface area contributed by atoms with E-state index in [1.807, 2.05) is 0 Å². The number of alkyl halides is 1. The molecule has 0 aromatic rings. The van der Waals surface area contributed by atoms with Crippen LogP contribution in [0.3, 0.4) is 0 Å². The summed E-state index contributed by atoms with van der Waals surface area (Å²) in [6.45, 7) is 1.67. The largest absolute Gasteiger partial charge is 0.317 e. The number of nitrogens with zero attached hydrogens (tertiary/aromatic N) is 1. The lowest BCUT2D eigenvalue weighted by Crippen LogP contribution is -2.26. The maximum absolute atomic E-state index is 10.2. The topological polar surface area (TPSA) is 20.3 Å². The predicted octanol–water partition coefficient (Wildman–Crippen LogP) is 1.86. The molecule has 0 saturated heterocycles. The molecule has 0 N–H and O–H groups in total. The van der Waals surface area contributed by atoms with Gasteiger partial charge in [0.25, 0.3) is 0 Å². The highest BCUT2D eigenvalue weighted by atomic mass is 35.5. The van der Waals surface area contributed by atoms with E-state index < -0.39 is 5.37 Å². The number of amides is 1. The third-order valence-electron chi connectivity index (χ3n) is 0.811. The Morgan fingerprint density at radius 2 is 2.12 bits per heavy atom. The third kappa shape index (κ3) is 2.38. The second-order valence-electron chi connectivity index (χ2n) is 1.44. The third-order valence-corrected chi connectivity index (χ3v) is 1.37. The summed E-state index contributed by atoms with van der Waals surface area (Å²) in [6.07, 6.45) is 0. The van der Waals surface area contributed by atoms with Crippen molar-refractivity contribution >= 4 is 28.6 Å². The number of halogens is 2. The zero-order chi connectivity index (χ0) is 6.73. The van der Waals surface area contributed by atoms with Gasteiger partial charge in [-0.25, -0.2) is 0 Å². The summed E-state index contributed by atoms with van der Waals surface area (Å²) in [4.78, 5) is 11.4. The maximum atomic E-state index is 10.2. The zero-order valence-corrected chi connectivity index (χ0v) is 6.20. The van der Waals surface area contributed by atoms with E-state index in [1.54, 1.807) is 6.92 Å². The van der Waals surface area contributed by atoms with Crippen LogP contribution in [0, 0.1) is 0 Å². The summed E-state index contributed by atoms with van der Waals surface area (Å²) in [6, 6.07) is 0. The lowest BCUT2D eigenvalue weighted by molar-refractivity contribution is 0.230. The van der Waals surface area contributed by atoms with Gasteiger partial charge in [-0.3, -0.25) is 4.79 Å². The predicted molar refractivity (Wildman–Crippen MR) is 34.3 cm³/mol. The van der Waals surface area contributed by atoms with Gasteiger partial charge in [0.05, 0.1) is 0 Å². The van der Waals surface area contributed by atoms with Crippen LogP contribution in [0.1, 0.15) is 6.92 Å². The van der Waals surface area contributed by atoms with E-state index in [-0.39, 0.29) is 5.50 Å². The van der Waals surface area contributed by atoms with E-state index in [2.05, 4.69) is 0 Å². The van der Waals surface area contributed by atoms with Crippen molar-refractivity contribution < 1.29 is 4.79 Å². The molecule has 0 rings (SSSR count). The molecule has 1 unspecified atom stereocenters. The first-order valence-corrected chi connectivity index (χ1v) is 2.93. The molecule has 0 aromatic carbocycles. The van der Waals surface area contributed by atoms with Gasteiger partial charge in [-0.2, -0.15) is 0 Å². The molecule has 8 heavy (non-hydrogen) atoms. The Balaban J connectivity index is 3.64. The molecule has 0 aliphatic heterocycles. The van der Waals surface area contributed by atoms with E-state index in [1.165, 1.54) is 11.9 Å². The van der Waals surface area contributed by atoms with Crippen LogP contribution in [0.25, 0.3) is 0 Å². The van der Waals surface area contributed by atoms with Crippen LogP contribution in [0.4, 0.5) is 4.79 Å². The molecule has 0 aliphatic carbocycles. The Labute approximate surface area is 58.4 Å². The van der Waals surface area contributed by atoms with Crippen molar-refractivity contribution in [2.75, 3.05) is 7.05 Å². The molecule has 0 aliphatic rings. The van der Waals surface area contributed by atoms with E-state index >= 15 is 0 Å². The number of hydrogen-bond donors (Lipinski definition) is 0. The molecule has 1 amide bonds. The van der Waals surface area contributed by atoms with Crippen LogP contribution < -0.4 is 0 Å². The van der Waals surface area contributed by atoms with Crippen LogP contribution in [0.2, 0.25) is 0 Å². The Hall–Kier alpha value is 0.0500. The average Bonchev–Trinajstić information content (AvgIpc) is 1.64. The fraction of sp³-hybridized carbons (Fsp3) is 0.750. The molecule has 4 heteroatoms. The Bertz CT molecular complexity index is 94.0. The first-order chi connectivity index (χ1) is 3.55. The minimum Gasteiger partial charge on any atom is -0.316 e. The number of hydrogen-bond acceptors (Lipinski definition) is 1. The van der Waals surface area contributed by atoms with Gasteiger partial charge in [0.1, 0.15) is 5.50 Å². The number of carbonyl (C=O) groups excluding carboxylic acids is 1. The minimum absolute atomic E-state index is 0.333. The van der Waals surface area contributed by atoms with E-state index in [9.17, 15) is 4.79 Å². The molecule has 2 nitrogen and oxygen atoms in total. The van der Waals surface area contributed by atoms with Crippen LogP contribution in [-0.2, 0) is 0 Å². The zero-order valence-electron chi connectivity index (χ0n) is 4.69. The van der Waals surface area contributed by atoms with Crippen molar-refractivity contribution in [3.63, 3.8) is 0 Å². The van der Waals surface area contributed by atoms with Crippen molar-refractivity contribution in [1.29, 1.82) is 0 Å². The lowest BCUT2D eigenvalue weighted by Gasteiger charge is -2.14. The summed E-state index contributed by atoms with van der Waals surface area (Å²) >= 11 is 10.5. The SMILES string of the molecule is CC(Cl)N(C)C(=O)Cl. The van der Waals surface area contributed by atoms with Crippen molar-refractivity contribution in [2.24, 2.45) is 0 Å². The quantitative estimate of drug-likeness (QED) is 0.322. The maximum Gasteiger partial charge on any atom is 0.317 e. The van der Waals surface area contributed by atoms with Gasteiger partial charge in [0.15, 0.2) is 0 Å². The van der Waals surface area contributed by atoms with E-state index in [0.717, 1.165) is 0 Å². The monoisotopic (exact) mass is 155 g/mol. The average molecular weight is 156 g/mol. The molecule has 0 fully saturated rings. The molecule has 1 atom stereocenters. The second-order valence-corrected chi connectivity index (χ2v) is 2.39. The molecule has 0 radical (unpaired) electrons. The van der Waals surface area contributed by atoms with Gasteiger partial charge in [-0.05, 0) is 18.5 Å². The van der Waals surface area contributed by atoms with Gasteiger partial charge >= 0.3 is 5.37 Å². The van der Waals surface area contributed by atoms with E-state index in [0.29, 0.717) is 0 Å². The first kappa shape index (κ1) is 8.05. The van der Waals surface area contributed by atoms with Crippen LogP contribution in [-0.4, -0.2) is 22.8 Å². The van der Waals surface area contributed by atoms with Crippen molar-refractivity contribution in [1.82, 2.24) is 4.90 Å². The molecular formula is C4H7Cl2NO. The van der Waals surface area contributed by atoms with Gasteiger partial charge in [0, 0.05) is 7.05 Å². The number of rotatable bonds is 1. The van der Waals surface area contributed by atoms with Gasteiger partial charge in [-0.1, -0.05) is 11.6 Å². The lowest BCUT2D eigenvalue weighted by atomic mass is 10.7. The van der Waals surface area contributed by atoms with E-state index in [4.69, 9.17) is 23.2 Å². The fourth-order valence-electron chi connectivity index (χ4n) is 0.140. The molecule has 48 valence electrons. The second kappa shape index (κ2) is 3.15. The van der Waals surface area contributed by atoms with Crippen molar-refractivity contribution in [3.05, 3.63) is 0 Å².